The molecule has 4 unspecified atom stereocenters. The second-order valence-electron chi connectivity index (χ2n) is 6.10. The molecule has 4 atom stereocenters. The second-order valence-corrected chi connectivity index (χ2v) is 6.10. The summed E-state index contributed by atoms with van der Waals surface area (Å²) in [7, 11) is 1.36. The van der Waals surface area contributed by atoms with Gasteiger partial charge in [0.15, 0.2) is 0 Å². The highest BCUT2D eigenvalue weighted by Crippen LogP contribution is 2.47. The highest BCUT2D eigenvalue weighted by atomic mass is 16.6. The lowest BCUT2D eigenvalue weighted by Crippen LogP contribution is -2.44. The summed E-state index contributed by atoms with van der Waals surface area (Å²) in [4.78, 5) is 34.7. The number of hydrogen-bond donors (Lipinski definition) is 2. The Morgan fingerprint density at radius 3 is 2.76 bits per heavy atom. The van der Waals surface area contributed by atoms with E-state index < -0.39 is 40.3 Å². The van der Waals surface area contributed by atoms with E-state index in [1.54, 1.807) is 19.1 Å². The predicted octanol–water partition coefficient (Wildman–Crippen LogP) is 1.59. The van der Waals surface area contributed by atoms with E-state index in [1.807, 2.05) is 0 Å². The first kappa shape index (κ1) is 16.9. The molecule has 9 heteroatoms. The van der Waals surface area contributed by atoms with Crippen molar-refractivity contribution in [3.8, 4) is 5.75 Å². The van der Waals surface area contributed by atoms with E-state index in [9.17, 15) is 24.8 Å². The van der Waals surface area contributed by atoms with Crippen LogP contribution in [0.2, 0.25) is 0 Å². The zero-order chi connectivity index (χ0) is 18.4. The molecule has 2 N–H and O–H groups in total. The average molecular weight is 348 g/mol. The monoisotopic (exact) mass is 348 g/mol. The second kappa shape index (κ2) is 5.85. The van der Waals surface area contributed by atoms with Gasteiger partial charge in [0, 0.05) is 12.1 Å². The Bertz CT molecular complexity index is 791. The number of aliphatic carboxylic acids is 1. The van der Waals surface area contributed by atoms with Crippen molar-refractivity contribution in [2.45, 2.75) is 18.6 Å². The van der Waals surface area contributed by atoms with Gasteiger partial charge in [-0.2, -0.15) is 0 Å². The first-order chi connectivity index (χ1) is 11.8. The molecule has 1 aromatic carbocycles. The fourth-order valence-electron chi connectivity index (χ4n) is 3.40. The van der Waals surface area contributed by atoms with E-state index in [4.69, 9.17) is 9.47 Å². The molecule has 2 heterocycles. The number of non-ortho nitro benzene ring substituents is 1. The van der Waals surface area contributed by atoms with Crippen molar-refractivity contribution in [1.29, 1.82) is 0 Å². The molecule has 1 saturated heterocycles. The molecule has 9 nitrogen and oxygen atoms in total. The standard InChI is InChI=1S/C16H16N2O7/c1-16-6-5-11(25-16)12(15(20)21)13(16)14(19)17-9-7-8(18(22)23)3-4-10(9)24-2/h3-7,11-13H,1-2H3,(H,17,19)(H,20,21). The third-order valence-electron chi connectivity index (χ3n) is 4.56. The first-order valence-corrected chi connectivity index (χ1v) is 7.50. The number of nitro groups is 1. The fourth-order valence-corrected chi connectivity index (χ4v) is 3.40. The molecule has 1 aromatic rings. The minimum atomic E-state index is -1.13. The Balaban J connectivity index is 1.92. The smallest absolute Gasteiger partial charge is 0.310 e. The van der Waals surface area contributed by atoms with E-state index in [2.05, 4.69) is 5.32 Å². The van der Waals surface area contributed by atoms with E-state index >= 15 is 0 Å². The highest BCUT2D eigenvalue weighted by Gasteiger charge is 2.59. The Hall–Kier alpha value is -2.94. The largest absolute Gasteiger partial charge is 0.495 e. The topological polar surface area (TPSA) is 128 Å². The van der Waals surface area contributed by atoms with Crippen molar-refractivity contribution in [3.05, 3.63) is 40.5 Å². The number of hydrogen-bond acceptors (Lipinski definition) is 6. The molecule has 2 bridgehead atoms. The van der Waals surface area contributed by atoms with Crippen LogP contribution in [0.1, 0.15) is 6.92 Å². The number of carbonyl (C=O) groups is 2. The maximum Gasteiger partial charge on any atom is 0.310 e. The predicted molar refractivity (Wildman–Crippen MR) is 85.3 cm³/mol. The fraction of sp³-hybridized carbons (Fsp3) is 0.375. The van der Waals surface area contributed by atoms with E-state index in [1.165, 1.54) is 25.3 Å². The Kier molecular flexibility index (Phi) is 3.96. The third-order valence-corrected chi connectivity index (χ3v) is 4.56. The number of amides is 1. The van der Waals surface area contributed by atoms with Crippen LogP contribution in [0.5, 0.6) is 5.75 Å². The molecule has 1 fully saturated rings. The molecule has 25 heavy (non-hydrogen) atoms. The van der Waals surface area contributed by atoms with Crippen LogP contribution in [0.25, 0.3) is 0 Å². The van der Waals surface area contributed by atoms with Crippen LogP contribution in [0.4, 0.5) is 11.4 Å². The summed E-state index contributed by atoms with van der Waals surface area (Å²) in [6.07, 6.45) is 2.63. The van der Waals surface area contributed by atoms with E-state index in [-0.39, 0.29) is 17.1 Å². The number of nitrogens with zero attached hydrogens (tertiary/aromatic N) is 1. The molecular formula is C16H16N2O7. The van der Waals surface area contributed by atoms with Crippen molar-refractivity contribution in [1.82, 2.24) is 0 Å². The van der Waals surface area contributed by atoms with E-state index in [0.717, 1.165) is 0 Å². The number of benzene rings is 1. The number of nitro benzene ring substituents is 1. The van der Waals surface area contributed by atoms with Crippen molar-refractivity contribution in [2.24, 2.45) is 11.8 Å². The Morgan fingerprint density at radius 2 is 2.16 bits per heavy atom. The summed E-state index contributed by atoms with van der Waals surface area (Å²) in [5, 5.41) is 22.9. The Morgan fingerprint density at radius 1 is 1.44 bits per heavy atom. The molecule has 2 aliphatic heterocycles. The van der Waals surface area contributed by atoms with Crippen molar-refractivity contribution in [2.75, 3.05) is 12.4 Å². The summed E-state index contributed by atoms with van der Waals surface area (Å²) in [5.41, 5.74) is -1.16. The number of carboxylic acids is 1. The van der Waals surface area contributed by atoms with Crippen LogP contribution < -0.4 is 10.1 Å². The zero-order valence-electron chi connectivity index (χ0n) is 13.5. The van der Waals surface area contributed by atoms with Crippen LogP contribution in [0, 0.1) is 22.0 Å². The van der Waals surface area contributed by atoms with Crippen molar-refractivity contribution >= 4 is 23.3 Å². The van der Waals surface area contributed by atoms with Gasteiger partial charge in [-0.1, -0.05) is 12.2 Å². The summed E-state index contributed by atoms with van der Waals surface area (Å²) in [6, 6.07) is 3.78. The van der Waals surface area contributed by atoms with Crippen LogP contribution in [0.15, 0.2) is 30.4 Å². The summed E-state index contributed by atoms with van der Waals surface area (Å²) >= 11 is 0. The summed E-state index contributed by atoms with van der Waals surface area (Å²) < 4.78 is 10.7. The molecule has 0 spiro atoms. The first-order valence-electron chi connectivity index (χ1n) is 7.50. The van der Waals surface area contributed by atoms with Gasteiger partial charge in [-0.25, -0.2) is 0 Å². The molecule has 0 aliphatic carbocycles. The van der Waals surface area contributed by atoms with Gasteiger partial charge in [0.25, 0.3) is 5.69 Å². The number of anilines is 1. The molecule has 3 rings (SSSR count). The van der Waals surface area contributed by atoms with Crippen LogP contribution in [-0.4, -0.2) is 40.7 Å². The summed E-state index contributed by atoms with van der Waals surface area (Å²) in [6.45, 7) is 1.64. The SMILES string of the molecule is COc1ccc([N+](=O)[O-])cc1NC(=O)C1C(C(=O)O)C2C=CC1(C)O2. The molecule has 0 radical (unpaired) electrons. The van der Waals surface area contributed by atoms with Crippen LogP contribution in [0.3, 0.4) is 0 Å². The van der Waals surface area contributed by atoms with Gasteiger partial charge in [0.1, 0.15) is 11.7 Å². The van der Waals surface area contributed by atoms with Crippen molar-refractivity contribution < 1.29 is 29.1 Å². The normalized spacial score (nSPS) is 29.4. The average Bonchev–Trinajstić information content (AvgIpc) is 3.07. The lowest BCUT2D eigenvalue weighted by molar-refractivity contribution is -0.384. The maximum absolute atomic E-state index is 12.8. The number of ether oxygens (including phenoxy) is 2. The summed E-state index contributed by atoms with van der Waals surface area (Å²) in [5.74, 6) is -3.50. The van der Waals surface area contributed by atoms with Gasteiger partial charge in [-0.15, -0.1) is 0 Å². The molecular weight excluding hydrogens is 332 g/mol. The number of fused-ring (bicyclic) bond motifs is 2. The minimum absolute atomic E-state index is 0.0983. The van der Waals surface area contributed by atoms with Crippen LogP contribution >= 0.6 is 0 Å². The van der Waals surface area contributed by atoms with Gasteiger partial charge < -0.3 is 19.9 Å². The van der Waals surface area contributed by atoms with Gasteiger partial charge >= 0.3 is 5.97 Å². The van der Waals surface area contributed by atoms with Gasteiger partial charge in [-0.05, 0) is 13.0 Å². The Labute approximate surface area is 142 Å². The number of methoxy groups -OCH3 is 1. The third kappa shape index (κ3) is 2.72. The van der Waals surface area contributed by atoms with E-state index in [0.29, 0.717) is 0 Å². The van der Waals surface area contributed by atoms with Gasteiger partial charge in [0.2, 0.25) is 5.91 Å². The van der Waals surface area contributed by atoms with Gasteiger partial charge in [0.05, 0.1) is 35.3 Å². The zero-order valence-corrected chi connectivity index (χ0v) is 13.5. The number of rotatable bonds is 5. The lowest BCUT2D eigenvalue weighted by Gasteiger charge is -2.28. The molecule has 0 saturated carbocycles. The number of carboxylic acid groups (broad SMARTS) is 1. The lowest BCUT2D eigenvalue weighted by atomic mass is 9.75. The number of nitrogens with one attached hydrogen (secondary N) is 1. The maximum atomic E-state index is 12.8. The van der Waals surface area contributed by atoms with Crippen molar-refractivity contribution in [3.63, 3.8) is 0 Å². The molecule has 1 amide bonds. The van der Waals surface area contributed by atoms with Gasteiger partial charge in [-0.3, -0.25) is 19.7 Å². The quantitative estimate of drug-likeness (QED) is 0.470. The molecule has 132 valence electrons. The molecule has 2 aliphatic rings. The highest BCUT2D eigenvalue weighted by molar-refractivity contribution is 5.98. The van der Waals surface area contributed by atoms with Crippen LogP contribution in [-0.2, 0) is 14.3 Å². The minimum Gasteiger partial charge on any atom is -0.495 e. The molecule has 0 aromatic heterocycles. The number of carbonyl (C=O) groups excluding carboxylic acids is 1.